The number of carbonyl (C=O) groups is 1. The molecule has 1 aliphatic heterocycles. The monoisotopic (exact) mass is 468 g/mol. The molecule has 7 nitrogen and oxygen atoms in total. The van der Waals surface area contributed by atoms with Crippen LogP contribution >= 0.6 is 0 Å². The Balaban J connectivity index is 1.63. The minimum Gasteiger partial charge on any atom is -0.383 e. The molecule has 1 amide bonds. The first kappa shape index (κ1) is 23.0. The Morgan fingerprint density at radius 1 is 1.26 bits per heavy atom. The highest BCUT2D eigenvalue weighted by Gasteiger charge is 2.34. The summed E-state index contributed by atoms with van der Waals surface area (Å²) in [5.74, 6) is 7.25. The number of carbonyl (C=O) groups excluding carboxylic acids is 1. The molecule has 3 aromatic rings. The first-order chi connectivity index (χ1) is 17.0. The van der Waals surface area contributed by atoms with Crippen LogP contribution in [0.15, 0.2) is 48.9 Å². The average Bonchev–Trinajstić information content (AvgIpc) is 3.53. The largest absolute Gasteiger partial charge is 0.383 e. The molecule has 1 aliphatic carbocycles. The molecule has 0 spiro atoms. The molecule has 5 rings (SSSR count). The molecule has 0 radical (unpaired) electrons. The molecule has 0 unspecified atom stereocenters. The van der Waals surface area contributed by atoms with E-state index in [2.05, 4.69) is 55.8 Å². The van der Waals surface area contributed by atoms with Gasteiger partial charge in [0, 0.05) is 18.5 Å². The number of hydrogen-bond acceptors (Lipinski definition) is 5. The van der Waals surface area contributed by atoms with Crippen molar-refractivity contribution < 1.29 is 4.79 Å². The Kier molecular flexibility index (Phi) is 6.21. The number of nitrogen functional groups attached to an aromatic ring is 1. The van der Waals surface area contributed by atoms with Crippen molar-refractivity contribution in [3.8, 4) is 11.8 Å². The molecule has 2 fully saturated rings. The molecular formula is C28H32N6O. The molecule has 35 heavy (non-hydrogen) atoms. The molecule has 1 saturated heterocycles. The highest BCUT2D eigenvalue weighted by molar-refractivity contribution is 6.12. The third-order valence-corrected chi connectivity index (χ3v) is 6.97. The fourth-order valence-corrected chi connectivity index (χ4v) is 4.96. The number of hydrogen-bond donors (Lipinski definition) is 2. The van der Waals surface area contributed by atoms with E-state index >= 15 is 0 Å². The van der Waals surface area contributed by atoms with Crippen LogP contribution in [0.1, 0.15) is 73.7 Å². The minimum absolute atomic E-state index is 0.120. The van der Waals surface area contributed by atoms with Gasteiger partial charge in [0.05, 0.1) is 23.0 Å². The standard InChI is InChI=1S/C28H32N6O/c1-4-14-33-16-22(15-18(33)2)34-23(13-12-20-10-11-20)24(25-26(29)30-17-31-27(25)34)28(35)32-19(3)21-8-6-5-7-9-21/h4-9,14,17-20,22H,10-11,15-16H2,1-3H3,(H,32,35)(H2,29,30,31)/t18-,19+,22+/m0/s1. The molecule has 3 heterocycles. The quantitative estimate of drug-likeness (QED) is 0.541. The van der Waals surface area contributed by atoms with E-state index in [1.54, 1.807) is 0 Å². The van der Waals surface area contributed by atoms with Gasteiger partial charge in [-0.1, -0.05) is 42.3 Å². The Hall–Kier alpha value is -3.79. The number of rotatable bonds is 5. The summed E-state index contributed by atoms with van der Waals surface area (Å²) in [6, 6.07) is 10.2. The van der Waals surface area contributed by atoms with Crippen LogP contribution in [0, 0.1) is 17.8 Å². The van der Waals surface area contributed by atoms with E-state index in [1.165, 1.54) is 6.33 Å². The summed E-state index contributed by atoms with van der Waals surface area (Å²) in [7, 11) is 0. The van der Waals surface area contributed by atoms with Crippen molar-refractivity contribution in [2.24, 2.45) is 5.92 Å². The van der Waals surface area contributed by atoms with Crippen LogP contribution in [-0.4, -0.2) is 37.9 Å². The van der Waals surface area contributed by atoms with Gasteiger partial charge in [-0.15, -0.1) is 0 Å². The van der Waals surface area contributed by atoms with Crippen LogP contribution in [0.4, 0.5) is 5.82 Å². The summed E-state index contributed by atoms with van der Waals surface area (Å²) < 4.78 is 2.14. The molecule has 0 bridgehead atoms. The number of benzene rings is 1. The normalized spacial score (nSPS) is 20.7. The number of amides is 1. The molecule has 2 aliphatic rings. The fourth-order valence-electron chi connectivity index (χ4n) is 4.96. The van der Waals surface area contributed by atoms with Gasteiger partial charge in [-0.25, -0.2) is 9.97 Å². The van der Waals surface area contributed by atoms with Gasteiger partial charge in [-0.05, 0) is 57.7 Å². The van der Waals surface area contributed by atoms with E-state index in [9.17, 15) is 4.79 Å². The summed E-state index contributed by atoms with van der Waals surface area (Å²) in [6.07, 6.45) is 8.81. The zero-order chi connectivity index (χ0) is 24.5. The maximum Gasteiger partial charge on any atom is 0.255 e. The summed E-state index contributed by atoms with van der Waals surface area (Å²) in [4.78, 5) is 25.0. The van der Waals surface area contributed by atoms with Gasteiger partial charge in [0.15, 0.2) is 0 Å². The average molecular weight is 469 g/mol. The van der Waals surface area contributed by atoms with Crippen molar-refractivity contribution in [2.45, 2.75) is 58.2 Å². The van der Waals surface area contributed by atoms with Gasteiger partial charge >= 0.3 is 0 Å². The van der Waals surface area contributed by atoms with E-state index in [-0.39, 0.29) is 18.0 Å². The first-order valence-electron chi connectivity index (χ1n) is 12.4. The van der Waals surface area contributed by atoms with Crippen LogP contribution in [-0.2, 0) is 0 Å². The Morgan fingerprint density at radius 2 is 2.03 bits per heavy atom. The lowest BCUT2D eigenvalue weighted by atomic mass is 10.1. The SMILES string of the molecule is CC=CN1C[C@H](n2c(C#CC3CC3)c(C(=O)N[C@H](C)c3ccccc3)c3c(N)ncnc32)C[C@@H]1C. The zero-order valence-corrected chi connectivity index (χ0v) is 20.5. The summed E-state index contributed by atoms with van der Waals surface area (Å²) >= 11 is 0. The van der Waals surface area contributed by atoms with Gasteiger partial charge in [0.1, 0.15) is 23.5 Å². The van der Waals surface area contributed by atoms with Crippen molar-refractivity contribution in [1.29, 1.82) is 0 Å². The molecule has 7 heteroatoms. The summed E-state index contributed by atoms with van der Waals surface area (Å²) in [6.45, 7) is 7.05. The number of fused-ring (bicyclic) bond motifs is 1. The van der Waals surface area contributed by atoms with Crippen LogP contribution < -0.4 is 11.1 Å². The van der Waals surface area contributed by atoms with Crippen molar-refractivity contribution in [2.75, 3.05) is 12.3 Å². The number of aromatic nitrogens is 3. The molecule has 2 aromatic heterocycles. The lowest BCUT2D eigenvalue weighted by Crippen LogP contribution is -2.27. The summed E-state index contributed by atoms with van der Waals surface area (Å²) in [5.41, 5.74) is 9.25. The van der Waals surface area contributed by atoms with E-state index in [0.29, 0.717) is 40.1 Å². The van der Waals surface area contributed by atoms with Crippen LogP contribution in [0.3, 0.4) is 0 Å². The Labute approximate surface area is 206 Å². The van der Waals surface area contributed by atoms with Gasteiger partial charge in [0.25, 0.3) is 5.91 Å². The second-order valence-electron chi connectivity index (χ2n) is 9.62. The fraction of sp³-hybridized carbons (Fsp3) is 0.393. The number of allylic oxidation sites excluding steroid dienone is 1. The Morgan fingerprint density at radius 3 is 2.74 bits per heavy atom. The number of likely N-dealkylation sites (tertiary alicyclic amines) is 1. The second-order valence-corrected chi connectivity index (χ2v) is 9.62. The van der Waals surface area contributed by atoms with Gasteiger partial charge < -0.3 is 20.5 Å². The lowest BCUT2D eigenvalue weighted by Gasteiger charge is -2.18. The summed E-state index contributed by atoms with van der Waals surface area (Å²) in [5, 5.41) is 3.75. The molecule has 180 valence electrons. The van der Waals surface area contributed by atoms with Crippen LogP contribution in [0.25, 0.3) is 11.0 Å². The Bertz CT molecular complexity index is 1330. The third kappa shape index (κ3) is 4.49. The van der Waals surface area contributed by atoms with Crippen LogP contribution in [0.2, 0.25) is 0 Å². The topological polar surface area (TPSA) is 89.1 Å². The second kappa shape index (κ2) is 9.46. The number of nitrogens with zero attached hydrogens (tertiary/aromatic N) is 4. The highest BCUT2D eigenvalue weighted by Crippen LogP contribution is 2.37. The molecule has 3 N–H and O–H groups in total. The maximum atomic E-state index is 13.8. The molecular weight excluding hydrogens is 436 g/mol. The van der Waals surface area contributed by atoms with Gasteiger partial charge in [0.2, 0.25) is 0 Å². The predicted molar refractivity (Wildman–Crippen MR) is 139 cm³/mol. The van der Waals surface area contributed by atoms with E-state index in [1.807, 2.05) is 44.2 Å². The van der Waals surface area contributed by atoms with Crippen molar-refractivity contribution in [3.05, 3.63) is 65.8 Å². The minimum atomic E-state index is -0.206. The zero-order valence-electron chi connectivity index (χ0n) is 20.5. The van der Waals surface area contributed by atoms with Crippen molar-refractivity contribution >= 4 is 22.8 Å². The van der Waals surface area contributed by atoms with E-state index in [4.69, 9.17) is 5.73 Å². The third-order valence-electron chi connectivity index (χ3n) is 6.97. The number of nitrogens with two attached hydrogens (primary N) is 1. The van der Waals surface area contributed by atoms with Crippen LogP contribution in [0.5, 0.6) is 0 Å². The maximum absolute atomic E-state index is 13.8. The molecule has 3 atom stereocenters. The first-order valence-corrected chi connectivity index (χ1v) is 12.4. The molecule has 1 aromatic carbocycles. The van der Waals surface area contributed by atoms with Crippen molar-refractivity contribution in [3.63, 3.8) is 0 Å². The highest BCUT2D eigenvalue weighted by atomic mass is 16.1. The van der Waals surface area contributed by atoms with Gasteiger partial charge in [-0.3, -0.25) is 4.79 Å². The smallest absolute Gasteiger partial charge is 0.255 e. The number of nitrogens with one attached hydrogen (secondary N) is 1. The lowest BCUT2D eigenvalue weighted by molar-refractivity contribution is 0.0941. The van der Waals surface area contributed by atoms with E-state index in [0.717, 1.165) is 31.4 Å². The number of anilines is 1. The van der Waals surface area contributed by atoms with Crippen molar-refractivity contribution in [1.82, 2.24) is 24.8 Å². The predicted octanol–water partition coefficient (Wildman–Crippen LogP) is 4.43. The van der Waals surface area contributed by atoms with E-state index < -0.39 is 0 Å². The van der Waals surface area contributed by atoms with Gasteiger partial charge in [-0.2, -0.15) is 0 Å². The molecule has 1 saturated carbocycles.